The highest BCUT2D eigenvalue weighted by atomic mass is 16.3. The third-order valence-electron chi connectivity index (χ3n) is 5.67. The molecule has 4 rings (SSSR count). The first kappa shape index (κ1) is 19.6. The maximum absolute atomic E-state index is 9.90. The number of benzene rings is 4. The van der Waals surface area contributed by atoms with Gasteiger partial charge in [-0.2, -0.15) is 0 Å². The maximum atomic E-state index is 9.90. The van der Waals surface area contributed by atoms with E-state index in [-0.39, 0.29) is 17.2 Å². The van der Waals surface area contributed by atoms with Crippen molar-refractivity contribution < 1.29 is 15.3 Å². The Morgan fingerprint density at radius 3 is 1.23 bits per heavy atom. The number of hydrogen-bond donors (Lipinski definition) is 3. The summed E-state index contributed by atoms with van der Waals surface area (Å²) >= 11 is 0. The molecule has 30 heavy (non-hydrogen) atoms. The van der Waals surface area contributed by atoms with Crippen molar-refractivity contribution >= 4 is 0 Å². The zero-order valence-corrected chi connectivity index (χ0v) is 16.8. The quantitative estimate of drug-likeness (QED) is 0.380. The van der Waals surface area contributed by atoms with Crippen molar-refractivity contribution in [3.63, 3.8) is 0 Å². The van der Waals surface area contributed by atoms with Gasteiger partial charge < -0.3 is 15.3 Å². The normalized spacial score (nSPS) is 11.4. The van der Waals surface area contributed by atoms with E-state index in [1.165, 1.54) is 5.56 Å². The smallest absolute Gasteiger partial charge is 0.115 e. The molecule has 0 bridgehead atoms. The summed E-state index contributed by atoms with van der Waals surface area (Å²) in [5.41, 5.74) is 4.86. The van der Waals surface area contributed by atoms with Gasteiger partial charge in [-0.05, 0) is 72.0 Å². The van der Waals surface area contributed by atoms with Crippen LogP contribution in [0.5, 0.6) is 17.2 Å². The SMILES string of the molecule is Cc1ccc(C(Cc2ccc(O)cc2)(c2ccc(O)cc2)c2ccc(O)cc2)cc1. The lowest BCUT2D eigenvalue weighted by Gasteiger charge is -2.36. The van der Waals surface area contributed by atoms with E-state index in [1.54, 1.807) is 36.4 Å². The van der Waals surface area contributed by atoms with Crippen LogP contribution >= 0.6 is 0 Å². The minimum Gasteiger partial charge on any atom is -0.508 e. The molecule has 4 aromatic carbocycles. The molecule has 0 saturated heterocycles. The van der Waals surface area contributed by atoms with Crippen molar-refractivity contribution in [1.29, 1.82) is 0 Å². The largest absolute Gasteiger partial charge is 0.508 e. The average molecular weight is 396 g/mol. The topological polar surface area (TPSA) is 60.7 Å². The number of rotatable bonds is 5. The lowest BCUT2D eigenvalue weighted by atomic mass is 9.66. The van der Waals surface area contributed by atoms with Crippen LogP contribution < -0.4 is 0 Å². The molecule has 0 amide bonds. The van der Waals surface area contributed by atoms with E-state index in [0.29, 0.717) is 6.42 Å². The van der Waals surface area contributed by atoms with Gasteiger partial charge in [0.05, 0.1) is 0 Å². The molecule has 0 aromatic heterocycles. The van der Waals surface area contributed by atoms with Gasteiger partial charge in [-0.15, -0.1) is 0 Å². The van der Waals surface area contributed by atoms with Gasteiger partial charge in [0.2, 0.25) is 0 Å². The van der Waals surface area contributed by atoms with E-state index in [0.717, 1.165) is 22.3 Å². The second-order valence-electron chi connectivity index (χ2n) is 7.71. The third-order valence-corrected chi connectivity index (χ3v) is 5.67. The number of aromatic hydroxyl groups is 3. The molecular formula is C27H24O3. The highest BCUT2D eigenvalue weighted by molar-refractivity contribution is 5.54. The molecule has 0 atom stereocenters. The molecule has 4 aromatic rings. The van der Waals surface area contributed by atoms with Crippen LogP contribution in [0.15, 0.2) is 97.1 Å². The average Bonchev–Trinajstić information content (AvgIpc) is 2.75. The maximum Gasteiger partial charge on any atom is 0.115 e. The Balaban J connectivity index is 2.00. The van der Waals surface area contributed by atoms with Gasteiger partial charge in [0.1, 0.15) is 17.2 Å². The second-order valence-corrected chi connectivity index (χ2v) is 7.71. The van der Waals surface area contributed by atoms with Crippen LogP contribution in [0.4, 0.5) is 0 Å². The highest BCUT2D eigenvalue weighted by Gasteiger charge is 2.36. The lowest BCUT2D eigenvalue weighted by Crippen LogP contribution is -2.32. The molecule has 0 heterocycles. The number of aryl methyl sites for hydroxylation is 1. The van der Waals surface area contributed by atoms with Gasteiger partial charge in [-0.25, -0.2) is 0 Å². The molecular weight excluding hydrogens is 372 g/mol. The van der Waals surface area contributed by atoms with Crippen LogP contribution in [0.25, 0.3) is 0 Å². The third kappa shape index (κ3) is 3.74. The Kier molecular flexibility index (Phi) is 5.20. The predicted octanol–water partition coefficient (Wildman–Crippen LogP) is 5.69. The van der Waals surface area contributed by atoms with E-state index >= 15 is 0 Å². The zero-order valence-electron chi connectivity index (χ0n) is 16.8. The Hall–Kier alpha value is -3.72. The lowest BCUT2D eigenvalue weighted by molar-refractivity contribution is 0.472. The molecule has 0 spiro atoms. The van der Waals surface area contributed by atoms with Crippen molar-refractivity contribution in [2.24, 2.45) is 0 Å². The highest BCUT2D eigenvalue weighted by Crippen LogP contribution is 2.43. The van der Waals surface area contributed by atoms with Crippen LogP contribution in [0.3, 0.4) is 0 Å². The molecule has 0 aliphatic carbocycles. The summed E-state index contributed by atoms with van der Waals surface area (Å²) in [6.45, 7) is 2.06. The summed E-state index contributed by atoms with van der Waals surface area (Å²) in [5.74, 6) is 0.660. The Morgan fingerprint density at radius 2 is 0.833 bits per heavy atom. The van der Waals surface area contributed by atoms with Crippen molar-refractivity contribution in [3.8, 4) is 17.2 Å². The van der Waals surface area contributed by atoms with E-state index < -0.39 is 5.41 Å². The Labute approximate surface area is 176 Å². The first-order valence-corrected chi connectivity index (χ1v) is 9.91. The van der Waals surface area contributed by atoms with Gasteiger partial charge in [0, 0.05) is 5.41 Å². The minimum atomic E-state index is -0.550. The monoisotopic (exact) mass is 396 g/mol. The molecule has 0 radical (unpaired) electrons. The molecule has 0 saturated carbocycles. The van der Waals surface area contributed by atoms with Crippen LogP contribution in [0, 0.1) is 6.92 Å². The van der Waals surface area contributed by atoms with Gasteiger partial charge in [-0.3, -0.25) is 0 Å². The molecule has 3 N–H and O–H groups in total. The Bertz CT molecular complexity index is 1000. The van der Waals surface area contributed by atoms with E-state index in [4.69, 9.17) is 0 Å². The van der Waals surface area contributed by atoms with Crippen molar-refractivity contribution in [2.45, 2.75) is 18.8 Å². The Morgan fingerprint density at radius 1 is 0.500 bits per heavy atom. The van der Waals surface area contributed by atoms with Crippen LogP contribution in [-0.4, -0.2) is 15.3 Å². The molecule has 150 valence electrons. The molecule has 3 nitrogen and oxygen atoms in total. The molecule has 3 heteroatoms. The van der Waals surface area contributed by atoms with Gasteiger partial charge >= 0.3 is 0 Å². The minimum absolute atomic E-state index is 0.215. The summed E-state index contributed by atoms with van der Waals surface area (Å²) in [6.07, 6.45) is 0.645. The fourth-order valence-electron chi connectivity index (χ4n) is 4.06. The predicted molar refractivity (Wildman–Crippen MR) is 119 cm³/mol. The number of hydrogen-bond acceptors (Lipinski definition) is 3. The van der Waals surface area contributed by atoms with Crippen LogP contribution in [-0.2, 0) is 11.8 Å². The number of phenolic OH excluding ortho intramolecular Hbond substituents is 3. The zero-order chi connectivity index (χ0) is 21.1. The molecule has 0 aliphatic heterocycles. The fourth-order valence-corrected chi connectivity index (χ4v) is 4.06. The van der Waals surface area contributed by atoms with Gasteiger partial charge in [-0.1, -0.05) is 66.2 Å². The standard InChI is InChI=1S/C27H24O3/c1-19-2-6-21(7-3-19)27(22-8-14-25(29)15-9-22,23-10-16-26(30)17-11-23)18-20-4-12-24(28)13-5-20/h2-17,28-30H,18H2,1H3. The first-order valence-electron chi connectivity index (χ1n) is 9.91. The first-order chi connectivity index (χ1) is 14.5. The molecule has 0 aliphatic rings. The fraction of sp³-hybridized carbons (Fsp3) is 0.111. The van der Waals surface area contributed by atoms with E-state index in [9.17, 15) is 15.3 Å². The summed E-state index contributed by atoms with van der Waals surface area (Å²) in [5, 5.41) is 29.5. The van der Waals surface area contributed by atoms with Gasteiger partial charge in [0.15, 0.2) is 0 Å². The molecule has 0 unspecified atom stereocenters. The van der Waals surface area contributed by atoms with E-state index in [1.807, 2.05) is 36.4 Å². The van der Waals surface area contributed by atoms with E-state index in [2.05, 4.69) is 31.2 Å². The van der Waals surface area contributed by atoms with Crippen molar-refractivity contribution in [1.82, 2.24) is 0 Å². The summed E-state index contributed by atoms with van der Waals surface area (Å²) < 4.78 is 0. The van der Waals surface area contributed by atoms with Gasteiger partial charge in [0.25, 0.3) is 0 Å². The number of phenols is 3. The molecule has 0 fully saturated rings. The van der Waals surface area contributed by atoms with Crippen molar-refractivity contribution in [3.05, 3.63) is 125 Å². The second kappa shape index (κ2) is 7.96. The van der Waals surface area contributed by atoms with Crippen LogP contribution in [0.2, 0.25) is 0 Å². The summed E-state index contributed by atoms with van der Waals surface area (Å²) in [6, 6.07) is 30.3. The van der Waals surface area contributed by atoms with Crippen LogP contribution in [0.1, 0.15) is 27.8 Å². The van der Waals surface area contributed by atoms with Crippen molar-refractivity contribution in [2.75, 3.05) is 0 Å². The summed E-state index contributed by atoms with van der Waals surface area (Å²) in [7, 11) is 0. The summed E-state index contributed by atoms with van der Waals surface area (Å²) in [4.78, 5) is 0.